The summed E-state index contributed by atoms with van der Waals surface area (Å²) in [6, 6.07) is 0. The standard InChI is InChI=1S/C25H44O4/c1-9-25(10-2,11-3)29-20(26)12-13-28-23(27)19-15-17-14-18(19)22(24(6,7)8)21(17)16(4)5/h16-19,21-22H,9-15H2,1-8H3. The van der Waals surface area contributed by atoms with Gasteiger partial charge in [0.25, 0.3) is 0 Å². The molecule has 4 heteroatoms. The summed E-state index contributed by atoms with van der Waals surface area (Å²) in [6.07, 6.45) is 4.67. The topological polar surface area (TPSA) is 52.6 Å². The monoisotopic (exact) mass is 408 g/mol. The summed E-state index contributed by atoms with van der Waals surface area (Å²) in [7, 11) is 0. The van der Waals surface area contributed by atoms with Gasteiger partial charge in [-0.25, -0.2) is 0 Å². The van der Waals surface area contributed by atoms with Gasteiger partial charge in [-0.3, -0.25) is 9.59 Å². The highest BCUT2D eigenvalue weighted by Gasteiger charge is 2.58. The van der Waals surface area contributed by atoms with E-state index in [4.69, 9.17) is 9.47 Å². The minimum Gasteiger partial charge on any atom is -0.465 e. The van der Waals surface area contributed by atoms with Gasteiger partial charge < -0.3 is 9.47 Å². The summed E-state index contributed by atoms with van der Waals surface area (Å²) < 4.78 is 11.3. The molecule has 168 valence electrons. The van der Waals surface area contributed by atoms with E-state index in [9.17, 15) is 9.59 Å². The molecule has 5 unspecified atom stereocenters. The first-order valence-corrected chi connectivity index (χ1v) is 11.9. The van der Waals surface area contributed by atoms with Crippen molar-refractivity contribution in [3.05, 3.63) is 0 Å². The van der Waals surface area contributed by atoms with Gasteiger partial charge in [-0.05, 0) is 67.1 Å². The summed E-state index contributed by atoms with van der Waals surface area (Å²) in [5.41, 5.74) is -0.182. The zero-order chi connectivity index (χ0) is 22.0. The number of rotatable bonds is 9. The average molecular weight is 409 g/mol. The lowest BCUT2D eigenvalue weighted by molar-refractivity contribution is -0.164. The Kier molecular flexibility index (Phi) is 7.84. The molecule has 2 fully saturated rings. The molecular weight excluding hydrogens is 364 g/mol. The van der Waals surface area contributed by atoms with Crippen LogP contribution in [0.15, 0.2) is 0 Å². The number of ether oxygens (including phenoxy) is 2. The third kappa shape index (κ3) is 5.17. The van der Waals surface area contributed by atoms with Crippen LogP contribution in [0.3, 0.4) is 0 Å². The summed E-state index contributed by atoms with van der Waals surface area (Å²) in [5, 5.41) is 0. The lowest BCUT2D eigenvalue weighted by Crippen LogP contribution is -2.41. The fraction of sp³-hybridized carbons (Fsp3) is 0.920. The van der Waals surface area contributed by atoms with Crippen molar-refractivity contribution >= 4 is 11.9 Å². The van der Waals surface area contributed by atoms with Crippen molar-refractivity contribution in [2.45, 2.75) is 99.5 Å². The Morgan fingerprint density at radius 3 is 2.07 bits per heavy atom. The molecule has 0 heterocycles. The fourth-order valence-electron chi connectivity index (χ4n) is 6.45. The van der Waals surface area contributed by atoms with Gasteiger partial charge in [0.05, 0.1) is 12.3 Å². The quantitative estimate of drug-likeness (QED) is 0.438. The number of carbonyl (C=O) groups is 2. The first kappa shape index (κ1) is 24.2. The Morgan fingerprint density at radius 1 is 1.00 bits per heavy atom. The van der Waals surface area contributed by atoms with Gasteiger partial charge in [0.1, 0.15) is 12.2 Å². The molecule has 0 spiro atoms. The van der Waals surface area contributed by atoms with Crippen LogP contribution in [0.1, 0.15) is 93.9 Å². The van der Waals surface area contributed by atoms with Crippen LogP contribution in [-0.4, -0.2) is 24.1 Å². The first-order valence-electron chi connectivity index (χ1n) is 11.9. The molecule has 29 heavy (non-hydrogen) atoms. The van der Waals surface area contributed by atoms with Gasteiger partial charge >= 0.3 is 11.9 Å². The van der Waals surface area contributed by atoms with Gasteiger partial charge in [-0.15, -0.1) is 0 Å². The Labute approximate surface area is 178 Å². The van der Waals surface area contributed by atoms with E-state index in [0.717, 1.165) is 32.1 Å². The molecule has 0 aliphatic heterocycles. The van der Waals surface area contributed by atoms with Crippen molar-refractivity contribution in [2.24, 2.45) is 40.9 Å². The highest BCUT2D eigenvalue weighted by atomic mass is 16.6. The molecular formula is C25H44O4. The molecule has 0 aromatic carbocycles. The van der Waals surface area contributed by atoms with E-state index in [1.807, 2.05) is 20.8 Å². The molecule has 0 radical (unpaired) electrons. The van der Waals surface area contributed by atoms with Gasteiger partial charge in [0.15, 0.2) is 0 Å². The second-order valence-corrected chi connectivity index (χ2v) is 10.9. The minimum absolute atomic E-state index is 0.00346. The zero-order valence-corrected chi connectivity index (χ0v) is 20.0. The van der Waals surface area contributed by atoms with Crippen molar-refractivity contribution in [3.8, 4) is 0 Å². The van der Waals surface area contributed by atoms with Crippen molar-refractivity contribution in [1.82, 2.24) is 0 Å². The maximum Gasteiger partial charge on any atom is 0.309 e. The Bertz CT molecular complexity index is 562. The minimum atomic E-state index is -0.377. The highest BCUT2D eigenvalue weighted by Crippen LogP contribution is 2.62. The van der Waals surface area contributed by atoms with Crippen LogP contribution in [0.2, 0.25) is 0 Å². The fourth-order valence-corrected chi connectivity index (χ4v) is 6.45. The molecule has 2 bridgehead atoms. The smallest absolute Gasteiger partial charge is 0.309 e. The lowest BCUT2D eigenvalue weighted by Gasteiger charge is -2.44. The third-order valence-electron chi connectivity index (χ3n) is 7.96. The van der Waals surface area contributed by atoms with E-state index in [0.29, 0.717) is 29.6 Å². The largest absolute Gasteiger partial charge is 0.465 e. The summed E-state index contributed by atoms with van der Waals surface area (Å²) >= 11 is 0. The van der Waals surface area contributed by atoms with Gasteiger partial charge in [0.2, 0.25) is 0 Å². The molecule has 5 atom stereocenters. The summed E-state index contributed by atoms with van der Waals surface area (Å²) in [6.45, 7) is 17.9. The molecule has 2 rings (SSSR count). The second kappa shape index (κ2) is 9.39. The van der Waals surface area contributed by atoms with Crippen LogP contribution in [0.4, 0.5) is 0 Å². The number of esters is 2. The number of hydrogen-bond acceptors (Lipinski definition) is 4. The SMILES string of the molecule is CCC(CC)(CC)OC(=O)CCOC(=O)C1CC2CC1C(C(C)(C)C)C2C(C)C. The first-order chi connectivity index (χ1) is 13.5. The predicted octanol–water partition coefficient (Wildman–Crippen LogP) is 6.02. The van der Waals surface area contributed by atoms with Gasteiger partial charge in [-0.1, -0.05) is 55.4 Å². The van der Waals surface area contributed by atoms with E-state index in [-0.39, 0.29) is 41.9 Å². The average Bonchev–Trinajstić information content (AvgIpc) is 3.24. The van der Waals surface area contributed by atoms with Crippen molar-refractivity contribution < 1.29 is 19.1 Å². The highest BCUT2D eigenvalue weighted by molar-refractivity contribution is 5.74. The predicted molar refractivity (Wildman–Crippen MR) is 116 cm³/mol. The van der Waals surface area contributed by atoms with Crippen LogP contribution >= 0.6 is 0 Å². The summed E-state index contributed by atoms with van der Waals surface area (Å²) in [4.78, 5) is 25.1. The Hall–Kier alpha value is -1.06. The van der Waals surface area contributed by atoms with Crippen LogP contribution in [0.5, 0.6) is 0 Å². The maximum atomic E-state index is 12.8. The van der Waals surface area contributed by atoms with Gasteiger partial charge in [0, 0.05) is 0 Å². The number of hydrogen-bond donors (Lipinski definition) is 0. The molecule has 2 aliphatic rings. The van der Waals surface area contributed by atoms with Crippen molar-refractivity contribution in [3.63, 3.8) is 0 Å². The van der Waals surface area contributed by atoms with Crippen LogP contribution in [-0.2, 0) is 19.1 Å². The van der Waals surface area contributed by atoms with E-state index in [2.05, 4.69) is 34.6 Å². The molecule has 0 N–H and O–H groups in total. The molecule has 0 aromatic rings. The summed E-state index contributed by atoms with van der Waals surface area (Å²) in [5.74, 6) is 2.59. The Morgan fingerprint density at radius 2 is 1.59 bits per heavy atom. The number of fused-ring (bicyclic) bond motifs is 2. The van der Waals surface area contributed by atoms with Crippen molar-refractivity contribution in [2.75, 3.05) is 6.61 Å². The van der Waals surface area contributed by atoms with E-state index < -0.39 is 0 Å². The molecule has 2 saturated carbocycles. The molecule has 2 aliphatic carbocycles. The van der Waals surface area contributed by atoms with Crippen molar-refractivity contribution in [1.29, 1.82) is 0 Å². The van der Waals surface area contributed by atoms with Crippen LogP contribution < -0.4 is 0 Å². The van der Waals surface area contributed by atoms with Gasteiger partial charge in [-0.2, -0.15) is 0 Å². The van der Waals surface area contributed by atoms with E-state index in [1.54, 1.807) is 0 Å². The number of carbonyl (C=O) groups excluding carboxylic acids is 2. The van der Waals surface area contributed by atoms with E-state index >= 15 is 0 Å². The van der Waals surface area contributed by atoms with Crippen LogP contribution in [0, 0.1) is 40.9 Å². The maximum absolute atomic E-state index is 12.8. The molecule has 0 saturated heterocycles. The van der Waals surface area contributed by atoms with Crippen LogP contribution in [0.25, 0.3) is 0 Å². The second-order valence-electron chi connectivity index (χ2n) is 10.9. The van der Waals surface area contributed by atoms with E-state index in [1.165, 1.54) is 0 Å². The Balaban J connectivity index is 1.90. The molecule has 0 amide bonds. The lowest BCUT2D eigenvalue weighted by atomic mass is 9.60. The molecule has 4 nitrogen and oxygen atoms in total. The third-order valence-corrected chi connectivity index (χ3v) is 7.96. The molecule has 0 aromatic heterocycles. The normalized spacial score (nSPS) is 29.3. The zero-order valence-electron chi connectivity index (χ0n) is 20.0.